The van der Waals surface area contributed by atoms with Crippen LogP contribution in [0.25, 0.3) is 0 Å². The van der Waals surface area contributed by atoms with Crippen LogP contribution in [-0.4, -0.2) is 30.5 Å². The van der Waals surface area contributed by atoms with Gasteiger partial charge in [0.25, 0.3) is 0 Å². The van der Waals surface area contributed by atoms with Crippen LogP contribution < -0.4 is 10.5 Å². The highest BCUT2D eigenvalue weighted by atomic mass is 16.5. The summed E-state index contributed by atoms with van der Waals surface area (Å²) in [5, 5.41) is 8.41. The largest absolute Gasteiger partial charge is 0.457 e. The maximum absolute atomic E-state index is 6.51. The van der Waals surface area contributed by atoms with Crippen LogP contribution in [0.2, 0.25) is 0 Å². The molecule has 4 rings (SSSR count). The van der Waals surface area contributed by atoms with Crippen molar-refractivity contribution in [3.05, 3.63) is 30.4 Å². The number of fused-ring (bicyclic) bond motifs is 2. The highest BCUT2D eigenvalue weighted by Crippen LogP contribution is 2.51. The average molecular weight is 286 g/mol. The molecular formula is C14H18N6O. The van der Waals surface area contributed by atoms with Crippen LogP contribution in [0.3, 0.4) is 0 Å². The van der Waals surface area contributed by atoms with Crippen molar-refractivity contribution in [2.24, 2.45) is 11.7 Å². The smallest absolute Gasteiger partial charge is 0.316 e. The van der Waals surface area contributed by atoms with Gasteiger partial charge in [0.1, 0.15) is 12.3 Å². The lowest BCUT2D eigenvalue weighted by atomic mass is 9.89. The number of rotatable bonds is 4. The first kappa shape index (κ1) is 12.7. The van der Waals surface area contributed by atoms with E-state index in [9.17, 15) is 0 Å². The van der Waals surface area contributed by atoms with Gasteiger partial charge in [-0.25, -0.2) is 14.6 Å². The second kappa shape index (κ2) is 4.77. The Morgan fingerprint density at radius 2 is 2.24 bits per heavy atom. The van der Waals surface area contributed by atoms with Crippen LogP contribution in [0, 0.1) is 5.92 Å². The maximum Gasteiger partial charge on any atom is 0.316 e. The SMILES string of the molecule is NC12CCC(CC1n1cc(COc3ncccn3)nn1)C2. The predicted molar refractivity (Wildman–Crippen MR) is 74.3 cm³/mol. The standard InChI is InChI=1S/C14H18N6O/c15-14-3-2-10(7-14)6-12(14)20-8-11(18-19-20)9-21-13-16-4-1-5-17-13/h1,4-5,8,10,12H,2-3,6-7,9,15H2. The van der Waals surface area contributed by atoms with E-state index in [0.29, 0.717) is 12.6 Å². The molecule has 3 unspecified atom stereocenters. The van der Waals surface area contributed by atoms with E-state index >= 15 is 0 Å². The van der Waals surface area contributed by atoms with Crippen LogP contribution in [-0.2, 0) is 6.61 Å². The summed E-state index contributed by atoms with van der Waals surface area (Å²) in [4.78, 5) is 8.02. The molecular weight excluding hydrogens is 268 g/mol. The molecule has 0 amide bonds. The van der Waals surface area contributed by atoms with Crippen molar-refractivity contribution in [2.75, 3.05) is 0 Å². The second-order valence-corrected chi connectivity index (χ2v) is 6.10. The Hall–Kier alpha value is -2.02. The Labute approximate surface area is 122 Å². The van der Waals surface area contributed by atoms with Crippen molar-refractivity contribution in [2.45, 2.75) is 43.9 Å². The predicted octanol–water partition coefficient (Wildman–Crippen LogP) is 1.09. The zero-order valence-electron chi connectivity index (χ0n) is 11.7. The van der Waals surface area contributed by atoms with Gasteiger partial charge in [-0.2, -0.15) is 0 Å². The lowest BCUT2D eigenvalue weighted by Gasteiger charge is -2.30. The first-order chi connectivity index (χ1) is 10.2. The molecule has 2 aromatic heterocycles. The molecule has 2 bridgehead atoms. The fourth-order valence-electron chi connectivity index (χ4n) is 3.67. The summed E-state index contributed by atoms with van der Waals surface area (Å²) < 4.78 is 7.41. The van der Waals surface area contributed by atoms with Gasteiger partial charge in [0.2, 0.25) is 0 Å². The number of ether oxygens (including phenoxy) is 1. The van der Waals surface area contributed by atoms with E-state index in [-0.39, 0.29) is 11.6 Å². The van der Waals surface area contributed by atoms with Crippen molar-refractivity contribution in [3.8, 4) is 6.01 Å². The van der Waals surface area contributed by atoms with Gasteiger partial charge in [0.15, 0.2) is 0 Å². The molecule has 2 aliphatic rings. The van der Waals surface area contributed by atoms with Crippen molar-refractivity contribution >= 4 is 0 Å². The molecule has 7 heteroatoms. The Balaban J connectivity index is 1.44. The third-order valence-electron chi connectivity index (χ3n) is 4.68. The summed E-state index contributed by atoms with van der Waals surface area (Å²) in [6.45, 7) is 0.317. The van der Waals surface area contributed by atoms with E-state index in [1.807, 2.05) is 10.9 Å². The van der Waals surface area contributed by atoms with Gasteiger partial charge in [-0.15, -0.1) is 5.10 Å². The molecule has 2 aliphatic carbocycles. The number of hydrogen-bond acceptors (Lipinski definition) is 6. The number of nitrogens with two attached hydrogens (primary N) is 1. The molecule has 0 aromatic carbocycles. The topological polar surface area (TPSA) is 91.7 Å². The van der Waals surface area contributed by atoms with Gasteiger partial charge in [-0.1, -0.05) is 5.21 Å². The molecule has 110 valence electrons. The molecule has 2 saturated carbocycles. The van der Waals surface area contributed by atoms with Gasteiger partial charge in [0.05, 0.1) is 12.2 Å². The first-order valence-electron chi connectivity index (χ1n) is 7.32. The maximum atomic E-state index is 6.51. The highest BCUT2D eigenvalue weighted by Gasteiger charge is 2.50. The van der Waals surface area contributed by atoms with E-state index in [4.69, 9.17) is 10.5 Å². The second-order valence-electron chi connectivity index (χ2n) is 6.10. The normalized spacial score (nSPS) is 30.7. The van der Waals surface area contributed by atoms with Crippen LogP contribution in [0.5, 0.6) is 6.01 Å². The lowest BCUT2D eigenvalue weighted by Crippen LogP contribution is -2.43. The lowest BCUT2D eigenvalue weighted by molar-refractivity contribution is 0.260. The molecule has 2 heterocycles. The minimum atomic E-state index is -0.0982. The van der Waals surface area contributed by atoms with E-state index < -0.39 is 0 Å². The van der Waals surface area contributed by atoms with Crippen molar-refractivity contribution in [3.63, 3.8) is 0 Å². The van der Waals surface area contributed by atoms with Gasteiger partial charge in [-0.3, -0.25) is 0 Å². The Bertz CT molecular complexity index is 629. The Kier molecular flexibility index (Phi) is 2.88. The quantitative estimate of drug-likeness (QED) is 0.904. The van der Waals surface area contributed by atoms with E-state index in [1.54, 1.807) is 18.5 Å². The molecule has 21 heavy (non-hydrogen) atoms. The first-order valence-corrected chi connectivity index (χ1v) is 7.32. The summed E-state index contributed by atoms with van der Waals surface area (Å²) in [6, 6.07) is 2.37. The summed E-state index contributed by atoms with van der Waals surface area (Å²) in [6.07, 6.45) is 9.79. The monoisotopic (exact) mass is 286 g/mol. The molecule has 7 nitrogen and oxygen atoms in total. The summed E-state index contributed by atoms with van der Waals surface area (Å²) in [7, 11) is 0. The molecule has 2 aromatic rings. The molecule has 0 aliphatic heterocycles. The van der Waals surface area contributed by atoms with Crippen LogP contribution >= 0.6 is 0 Å². The molecule has 0 radical (unpaired) electrons. The number of aromatic nitrogens is 5. The summed E-state index contributed by atoms with van der Waals surface area (Å²) >= 11 is 0. The number of nitrogens with zero attached hydrogens (tertiary/aromatic N) is 5. The van der Waals surface area contributed by atoms with Crippen LogP contribution in [0.15, 0.2) is 24.7 Å². The zero-order chi connectivity index (χ0) is 14.3. The number of hydrogen-bond donors (Lipinski definition) is 1. The Morgan fingerprint density at radius 3 is 2.95 bits per heavy atom. The molecule has 0 spiro atoms. The fourth-order valence-corrected chi connectivity index (χ4v) is 3.67. The Morgan fingerprint density at radius 1 is 1.38 bits per heavy atom. The highest BCUT2D eigenvalue weighted by molar-refractivity contribution is 5.09. The van der Waals surface area contributed by atoms with Gasteiger partial charge in [-0.05, 0) is 37.7 Å². The summed E-state index contributed by atoms with van der Waals surface area (Å²) in [5.74, 6) is 0.751. The summed E-state index contributed by atoms with van der Waals surface area (Å²) in [5.41, 5.74) is 7.18. The average Bonchev–Trinajstić information content (AvgIpc) is 3.18. The minimum Gasteiger partial charge on any atom is -0.457 e. The van der Waals surface area contributed by atoms with Crippen LogP contribution in [0.1, 0.15) is 37.4 Å². The molecule has 3 atom stereocenters. The minimum absolute atomic E-state index is 0.0982. The molecule has 0 saturated heterocycles. The van der Waals surface area contributed by atoms with Crippen molar-refractivity contribution in [1.29, 1.82) is 0 Å². The van der Waals surface area contributed by atoms with Gasteiger partial charge in [0, 0.05) is 17.9 Å². The van der Waals surface area contributed by atoms with Gasteiger partial charge < -0.3 is 10.5 Å². The van der Waals surface area contributed by atoms with Crippen LogP contribution in [0.4, 0.5) is 0 Å². The van der Waals surface area contributed by atoms with Crippen molar-refractivity contribution < 1.29 is 4.74 Å². The van der Waals surface area contributed by atoms with E-state index in [1.165, 1.54) is 6.42 Å². The van der Waals surface area contributed by atoms with E-state index in [0.717, 1.165) is 30.9 Å². The van der Waals surface area contributed by atoms with E-state index in [2.05, 4.69) is 20.3 Å². The van der Waals surface area contributed by atoms with Gasteiger partial charge >= 0.3 is 6.01 Å². The molecule has 2 N–H and O–H groups in total. The zero-order valence-corrected chi connectivity index (χ0v) is 11.7. The fraction of sp³-hybridized carbons (Fsp3) is 0.571. The molecule has 2 fully saturated rings. The van der Waals surface area contributed by atoms with Crippen molar-refractivity contribution in [1.82, 2.24) is 25.0 Å². The third kappa shape index (κ3) is 2.27. The third-order valence-corrected chi connectivity index (χ3v) is 4.68.